The van der Waals surface area contributed by atoms with Gasteiger partial charge in [0, 0.05) is 13.0 Å². The number of nitrogens with zero attached hydrogens (tertiary/aromatic N) is 6. The van der Waals surface area contributed by atoms with E-state index in [1.165, 1.54) is 18.3 Å². The third-order valence-corrected chi connectivity index (χ3v) is 4.53. The second-order valence-corrected chi connectivity index (χ2v) is 6.71. The first-order valence-corrected chi connectivity index (χ1v) is 9.02. The molecule has 0 spiro atoms. The molecule has 0 saturated heterocycles. The van der Waals surface area contributed by atoms with E-state index in [4.69, 9.17) is 8.94 Å². The van der Waals surface area contributed by atoms with E-state index in [1.807, 2.05) is 0 Å². The molecular weight excluding hydrogens is 394 g/mol. The molecule has 4 heterocycles. The average molecular weight is 408 g/mol. The molecule has 0 fully saturated rings. The van der Waals surface area contributed by atoms with Crippen molar-refractivity contribution in [3.05, 3.63) is 65.7 Å². The minimum atomic E-state index is -0.985. The molecule has 8 nitrogen and oxygen atoms in total. The lowest BCUT2D eigenvalue weighted by atomic mass is 10.2. The number of rotatable bonds is 4. The van der Waals surface area contributed by atoms with Gasteiger partial charge in [-0.15, -0.1) is 0 Å². The molecule has 0 unspecified atom stereocenters. The maximum absolute atomic E-state index is 14.0. The van der Waals surface area contributed by atoms with Gasteiger partial charge in [0.05, 0.1) is 18.0 Å². The van der Waals surface area contributed by atoms with Crippen molar-refractivity contribution in [2.24, 2.45) is 0 Å². The second kappa shape index (κ2) is 6.83. The van der Waals surface area contributed by atoms with Gasteiger partial charge in [0.1, 0.15) is 35.1 Å². The molecule has 3 aromatic rings. The van der Waals surface area contributed by atoms with Gasteiger partial charge in [0.25, 0.3) is 0 Å². The average Bonchev–Trinajstić information content (AvgIpc) is 3.42. The van der Waals surface area contributed by atoms with Crippen molar-refractivity contribution in [3.63, 3.8) is 0 Å². The number of oxazole rings is 1. The largest absolute Gasteiger partial charge is 0.446 e. The van der Waals surface area contributed by atoms with Gasteiger partial charge in [-0.25, -0.2) is 23.7 Å². The van der Waals surface area contributed by atoms with Gasteiger partial charge < -0.3 is 8.94 Å². The Morgan fingerprint density at radius 2 is 1.87 bits per heavy atom. The summed E-state index contributed by atoms with van der Waals surface area (Å²) in [6, 6.07) is 5.64. The first kappa shape index (κ1) is 18.1. The molecule has 2 aromatic heterocycles. The van der Waals surface area contributed by atoms with Crippen LogP contribution in [0.5, 0.6) is 0 Å². The fourth-order valence-corrected chi connectivity index (χ4v) is 3.17. The second-order valence-electron chi connectivity index (χ2n) is 6.71. The summed E-state index contributed by atoms with van der Waals surface area (Å²) in [7, 11) is 0. The standard InChI is InChI=1S/C20H14F2N6O2/c1-10-19(24-11(2)29-10)15-6-12(30-27-15)8-28-9-17-16(7-23-28)25-20(26-17)13-4-3-5-14(21)18(13)22/h3-7,9H,8H2,1-2H3. The summed E-state index contributed by atoms with van der Waals surface area (Å²) in [4.78, 5) is 12.8. The van der Waals surface area contributed by atoms with Gasteiger partial charge >= 0.3 is 0 Å². The van der Waals surface area contributed by atoms with Crippen molar-refractivity contribution < 1.29 is 17.7 Å². The molecule has 10 heteroatoms. The highest BCUT2D eigenvalue weighted by molar-refractivity contribution is 5.65. The van der Waals surface area contributed by atoms with Crippen LogP contribution in [0, 0.1) is 25.5 Å². The zero-order valence-electron chi connectivity index (χ0n) is 15.9. The Kier molecular flexibility index (Phi) is 4.12. The van der Waals surface area contributed by atoms with Crippen molar-refractivity contribution in [1.29, 1.82) is 0 Å². The van der Waals surface area contributed by atoms with Crippen LogP contribution in [0.25, 0.3) is 34.2 Å². The molecular formula is C20H14F2N6O2. The van der Waals surface area contributed by atoms with Crippen LogP contribution in [0.1, 0.15) is 17.4 Å². The molecule has 150 valence electrons. The van der Waals surface area contributed by atoms with E-state index in [2.05, 4.69) is 25.2 Å². The van der Waals surface area contributed by atoms with E-state index in [9.17, 15) is 8.78 Å². The molecule has 0 amide bonds. The number of benzene rings is 1. The summed E-state index contributed by atoms with van der Waals surface area (Å²) in [5, 5.41) is 8.31. The highest BCUT2D eigenvalue weighted by atomic mass is 19.2. The Balaban J connectivity index is 1.43. The summed E-state index contributed by atoms with van der Waals surface area (Å²) in [5.74, 6) is -0.0785. The normalized spacial score (nSPS) is 11.5. The van der Waals surface area contributed by atoms with Gasteiger partial charge in [-0.1, -0.05) is 11.2 Å². The topological polar surface area (TPSA) is 95.7 Å². The van der Waals surface area contributed by atoms with Crippen molar-refractivity contribution in [1.82, 2.24) is 29.9 Å². The van der Waals surface area contributed by atoms with Crippen LogP contribution in [0.2, 0.25) is 0 Å². The van der Waals surface area contributed by atoms with E-state index >= 15 is 0 Å². The predicted octanol–water partition coefficient (Wildman–Crippen LogP) is 4.03. The van der Waals surface area contributed by atoms with Crippen LogP contribution >= 0.6 is 0 Å². The van der Waals surface area contributed by atoms with Crippen LogP contribution in [-0.2, 0) is 6.54 Å². The fraction of sp³-hybridized carbons (Fsp3) is 0.150. The molecule has 0 N–H and O–H groups in total. The Morgan fingerprint density at radius 3 is 2.67 bits per heavy atom. The zero-order chi connectivity index (χ0) is 20.8. The van der Waals surface area contributed by atoms with Gasteiger partial charge in [-0.05, 0) is 19.1 Å². The number of aryl methyl sites for hydroxylation is 2. The fourth-order valence-electron chi connectivity index (χ4n) is 3.17. The minimum Gasteiger partial charge on any atom is -0.446 e. The van der Waals surface area contributed by atoms with E-state index in [0.29, 0.717) is 40.2 Å². The Labute approximate surface area is 168 Å². The number of aromatic nitrogens is 6. The van der Waals surface area contributed by atoms with E-state index in [1.54, 1.807) is 30.8 Å². The molecule has 0 atom stereocenters. The molecule has 30 heavy (non-hydrogen) atoms. The lowest BCUT2D eigenvalue weighted by Gasteiger charge is -2.03. The van der Waals surface area contributed by atoms with Crippen LogP contribution < -0.4 is 0 Å². The highest BCUT2D eigenvalue weighted by Crippen LogP contribution is 2.27. The molecule has 1 aromatic carbocycles. The number of imidazole rings is 1. The first-order valence-electron chi connectivity index (χ1n) is 9.02. The number of hydrogen-bond donors (Lipinski definition) is 0. The maximum Gasteiger partial charge on any atom is 0.191 e. The Hall–Kier alpha value is -3.95. The summed E-state index contributed by atoms with van der Waals surface area (Å²) >= 11 is 0. The molecule has 0 saturated carbocycles. The predicted molar refractivity (Wildman–Crippen MR) is 100 cm³/mol. The smallest absolute Gasteiger partial charge is 0.191 e. The molecule has 0 aliphatic carbocycles. The summed E-state index contributed by atoms with van der Waals surface area (Å²) < 4.78 is 39.9. The SMILES string of the molecule is Cc1nc(-c2cc(Cn3cc4nc(-c5cccc(F)c5F)nc-4cn3)on2)c(C)o1. The lowest BCUT2D eigenvalue weighted by molar-refractivity contribution is 0.372. The van der Waals surface area contributed by atoms with Gasteiger partial charge in [-0.2, -0.15) is 5.10 Å². The molecule has 5 rings (SSSR count). The molecule has 0 bridgehead atoms. The third-order valence-electron chi connectivity index (χ3n) is 4.53. The monoisotopic (exact) mass is 408 g/mol. The van der Waals surface area contributed by atoms with Crippen molar-refractivity contribution in [2.75, 3.05) is 0 Å². The number of halogens is 2. The zero-order valence-corrected chi connectivity index (χ0v) is 15.9. The number of fused-ring (bicyclic) bond motifs is 1. The minimum absolute atomic E-state index is 0.00379. The molecule has 2 aliphatic heterocycles. The van der Waals surface area contributed by atoms with Crippen molar-refractivity contribution in [2.45, 2.75) is 20.4 Å². The van der Waals surface area contributed by atoms with Gasteiger partial charge in [0.2, 0.25) is 0 Å². The van der Waals surface area contributed by atoms with E-state index in [-0.39, 0.29) is 17.9 Å². The van der Waals surface area contributed by atoms with Crippen LogP contribution in [0.3, 0.4) is 0 Å². The Morgan fingerprint density at radius 1 is 1.03 bits per heavy atom. The Bertz CT molecular complexity index is 1340. The molecule has 0 radical (unpaired) electrons. The quantitative estimate of drug-likeness (QED) is 0.443. The van der Waals surface area contributed by atoms with Crippen molar-refractivity contribution in [3.8, 4) is 34.2 Å². The van der Waals surface area contributed by atoms with Crippen LogP contribution in [0.15, 0.2) is 45.6 Å². The van der Waals surface area contributed by atoms with Crippen molar-refractivity contribution >= 4 is 0 Å². The first-order chi connectivity index (χ1) is 14.5. The van der Waals surface area contributed by atoms with E-state index < -0.39 is 11.6 Å². The van der Waals surface area contributed by atoms with Crippen LogP contribution in [-0.4, -0.2) is 29.9 Å². The molecule has 2 aliphatic rings. The number of hydrogen-bond acceptors (Lipinski definition) is 7. The maximum atomic E-state index is 14.0. The van der Waals surface area contributed by atoms with Crippen LogP contribution in [0.4, 0.5) is 8.78 Å². The van der Waals surface area contributed by atoms with Gasteiger partial charge in [-0.3, -0.25) is 4.68 Å². The lowest BCUT2D eigenvalue weighted by Crippen LogP contribution is -2.04. The van der Waals surface area contributed by atoms with Gasteiger partial charge in [0.15, 0.2) is 29.1 Å². The summed E-state index contributed by atoms with van der Waals surface area (Å²) in [6.07, 6.45) is 3.15. The highest BCUT2D eigenvalue weighted by Gasteiger charge is 2.19. The third kappa shape index (κ3) is 3.11. The summed E-state index contributed by atoms with van der Waals surface area (Å²) in [5.41, 5.74) is 2.15. The van der Waals surface area contributed by atoms with E-state index in [0.717, 1.165) is 6.07 Å². The summed E-state index contributed by atoms with van der Waals surface area (Å²) in [6.45, 7) is 3.85.